The lowest BCUT2D eigenvalue weighted by Gasteiger charge is -2.30. The first-order valence-corrected chi connectivity index (χ1v) is 15.8. The summed E-state index contributed by atoms with van der Waals surface area (Å²) < 4.78 is 67.3. The standard InChI is InChI=1S/C40H31F3N4O4/c1-48-28-13-5-9-23(17-28)35-36(34-32(42)21-27(41)22-33(34)43)45-38(44-35)39-46-37(24-10-6-14-29(18-24)49-2)40(47-39,25-11-7-15-30(19-25)50-3)26-12-8-16-31(20-26)51-4/h5-22H,1-4H3,(H,44,45). The van der Waals surface area contributed by atoms with E-state index in [1.165, 1.54) is 7.11 Å². The van der Waals surface area contributed by atoms with Crippen molar-refractivity contribution >= 4 is 11.5 Å². The SMILES string of the molecule is COc1cccc(C2=NC(c3nc(-c4cccc(OC)c4)c(-c4c(F)cc(F)cc4F)[nH]3)=NC2(c2cccc(OC)c2)c2cccc(OC)c2)c1. The molecule has 1 aliphatic rings. The summed E-state index contributed by atoms with van der Waals surface area (Å²) >= 11 is 0. The Bertz CT molecular complexity index is 2260. The topological polar surface area (TPSA) is 90.3 Å². The van der Waals surface area contributed by atoms with Gasteiger partial charge in [-0.2, -0.15) is 0 Å². The van der Waals surface area contributed by atoms with Crippen molar-refractivity contribution in [3.05, 3.63) is 149 Å². The quantitative estimate of drug-likeness (QED) is 0.156. The zero-order valence-electron chi connectivity index (χ0n) is 28.0. The number of H-pyrrole nitrogens is 1. The molecule has 1 aromatic heterocycles. The Kier molecular flexibility index (Phi) is 8.78. The van der Waals surface area contributed by atoms with Gasteiger partial charge in [0, 0.05) is 23.3 Å². The Morgan fingerprint density at radius 1 is 0.588 bits per heavy atom. The third-order valence-electron chi connectivity index (χ3n) is 8.67. The molecule has 0 saturated heterocycles. The average molecular weight is 689 g/mol. The van der Waals surface area contributed by atoms with Gasteiger partial charge < -0.3 is 23.9 Å². The first kappa shape index (κ1) is 33.2. The van der Waals surface area contributed by atoms with Crippen LogP contribution in [0.3, 0.4) is 0 Å². The van der Waals surface area contributed by atoms with E-state index in [1.54, 1.807) is 45.6 Å². The molecule has 0 saturated carbocycles. The van der Waals surface area contributed by atoms with Gasteiger partial charge in [-0.15, -0.1) is 0 Å². The number of benzene rings is 5. The summed E-state index contributed by atoms with van der Waals surface area (Å²) in [7, 11) is 6.24. The van der Waals surface area contributed by atoms with Crippen LogP contribution in [0.4, 0.5) is 13.2 Å². The van der Waals surface area contributed by atoms with Gasteiger partial charge in [-0.25, -0.2) is 28.1 Å². The number of methoxy groups -OCH3 is 4. The fourth-order valence-corrected chi connectivity index (χ4v) is 6.26. The van der Waals surface area contributed by atoms with Gasteiger partial charge in [-0.05, 0) is 59.7 Å². The van der Waals surface area contributed by atoms with Crippen LogP contribution in [0.15, 0.2) is 119 Å². The summed E-state index contributed by atoms with van der Waals surface area (Å²) in [6.07, 6.45) is 0. The molecule has 256 valence electrons. The summed E-state index contributed by atoms with van der Waals surface area (Å²) in [5, 5.41) is 0. The number of aromatic amines is 1. The zero-order valence-corrected chi connectivity index (χ0v) is 28.0. The molecule has 1 aliphatic heterocycles. The van der Waals surface area contributed by atoms with Crippen LogP contribution >= 0.6 is 0 Å². The van der Waals surface area contributed by atoms with E-state index in [9.17, 15) is 4.39 Å². The van der Waals surface area contributed by atoms with Crippen LogP contribution in [0, 0.1) is 17.5 Å². The lowest BCUT2D eigenvalue weighted by Crippen LogP contribution is -2.34. The second kappa shape index (κ2) is 13.5. The van der Waals surface area contributed by atoms with Gasteiger partial charge >= 0.3 is 0 Å². The first-order chi connectivity index (χ1) is 24.8. The van der Waals surface area contributed by atoms with E-state index >= 15 is 8.78 Å². The van der Waals surface area contributed by atoms with E-state index in [1.807, 2.05) is 72.8 Å². The van der Waals surface area contributed by atoms with Gasteiger partial charge in [0.25, 0.3) is 0 Å². The minimum atomic E-state index is -1.31. The maximum atomic E-state index is 15.4. The normalized spacial score (nSPS) is 13.4. The van der Waals surface area contributed by atoms with Crippen LogP contribution in [-0.2, 0) is 5.54 Å². The predicted octanol–water partition coefficient (Wildman–Crippen LogP) is 8.39. The third kappa shape index (κ3) is 5.96. The fraction of sp³-hybridized carbons (Fsp3) is 0.125. The molecule has 0 unspecified atom stereocenters. The molecule has 0 aliphatic carbocycles. The number of nitrogens with one attached hydrogen (secondary N) is 1. The zero-order chi connectivity index (χ0) is 35.7. The Morgan fingerprint density at radius 3 is 1.63 bits per heavy atom. The molecule has 51 heavy (non-hydrogen) atoms. The predicted molar refractivity (Wildman–Crippen MR) is 189 cm³/mol. The van der Waals surface area contributed by atoms with Crippen molar-refractivity contribution < 1.29 is 32.1 Å². The largest absolute Gasteiger partial charge is 0.497 e. The van der Waals surface area contributed by atoms with E-state index in [-0.39, 0.29) is 23.0 Å². The molecule has 0 atom stereocenters. The number of amidine groups is 1. The minimum Gasteiger partial charge on any atom is -0.497 e. The maximum absolute atomic E-state index is 15.4. The highest BCUT2D eigenvalue weighted by Gasteiger charge is 2.46. The third-order valence-corrected chi connectivity index (χ3v) is 8.67. The second-order valence-electron chi connectivity index (χ2n) is 11.6. The lowest BCUT2D eigenvalue weighted by molar-refractivity contribution is 0.412. The van der Waals surface area contributed by atoms with E-state index < -0.39 is 28.6 Å². The van der Waals surface area contributed by atoms with Crippen molar-refractivity contribution in [2.45, 2.75) is 5.54 Å². The minimum absolute atomic E-state index is 0.0330. The number of aliphatic imine (C=N–C) groups is 2. The molecule has 5 aromatic carbocycles. The van der Waals surface area contributed by atoms with Crippen LogP contribution in [0.2, 0.25) is 0 Å². The highest BCUT2D eigenvalue weighted by Crippen LogP contribution is 2.45. The van der Waals surface area contributed by atoms with Crippen molar-refractivity contribution in [1.29, 1.82) is 0 Å². The summed E-state index contributed by atoms with van der Waals surface area (Å²) in [6, 6.07) is 30.5. The Hall–Kier alpha value is -6.36. The van der Waals surface area contributed by atoms with Crippen molar-refractivity contribution in [2.24, 2.45) is 9.98 Å². The lowest BCUT2D eigenvalue weighted by atomic mass is 9.77. The van der Waals surface area contributed by atoms with Gasteiger partial charge in [0.05, 0.1) is 51.1 Å². The van der Waals surface area contributed by atoms with Crippen molar-refractivity contribution in [1.82, 2.24) is 9.97 Å². The van der Waals surface area contributed by atoms with Crippen LogP contribution in [0.25, 0.3) is 22.5 Å². The van der Waals surface area contributed by atoms with Gasteiger partial charge in [0.2, 0.25) is 0 Å². The summed E-state index contributed by atoms with van der Waals surface area (Å²) in [5.41, 5.74) is 1.45. The molecule has 6 aromatic rings. The Morgan fingerprint density at radius 2 is 1.08 bits per heavy atom. The van der Waals surface area contributed by atoms with Gasteiger partial charge in [0.1, 0.15) is 40.4 Å². The van der Waals surface area contributed by atoms with Gasteiger partial charge in [0.15, 0.2) is 17.2 Å². The number of nitrogens with zero attached hydrogens (tertiary/aromatic N) is 3. The second-order valence-corrected chi connectivity index (χ2v) is 11.6. The molecule has 0 bridgehead atoms. The van der Waals surface area contributed by atoms with Crippen molar-refractivity contribution in [2.75, 3.05) is 28.4 Å². The van der Waals surface area contributed by atoms with Crippen molar-refractivity contribution in [3.63, 3.8) is 0 Å². The molecule has 2 heterocycles. The molecule has 8 nitrogen and oxygen atoms in total. The summed E-state index contributed by atoms with van der Waals surface area (Å²) in [5.74, 6) is -0.754. The van der Waals surface area contributed by atoms with Crippen molar-refractivity contribution in [3.8, 4) is 45.5 Å². The molecule has 0 spiro atoms. The van der Waals surface area contributed by atoms with E-state index in [2.05, 4.69) is 4.98 Å². The Labute approximate surface area is 291 Å². The molecular weight excluding hydrogens is 657 g/mol. The molecule has 7 rings (SSSR count). The van der Waals surface area contributed by atoms with E-state index in [0.717, 1.165) is 0 Å². The van der Waals surface area contributed by atoms with E-state index in [4.69, 9.17) is 33.9 Å². The summed E-state index contributed by atoms with van der Waals surface area (Å²) in [4.78, 5) is 18.4. The van der Waals surface area contributed by atoms with Crippen LogP contribution in [0.1, 0.15) is 22.5 Å². The van der Waals surface area contributed by atoms with Crippen LogP contribution < -0.4 is 18.9 Å². The number of hydrogen-bond acceptors (Lipinski definition) is 7. The number of rotatable bonds is 10. The number of halogens is 3. The molecular formula is C40H31F3N4O4. The molecule has 0 fully saturated rings. The van der Waals surface area contributed by atoms with Gasteiger partial charge in [-0.3, -0.25) is 0 Å². The molecule has 0 radical (unpaired) electrons. The molecule has 11 heteroatoms. The van der Waals surface area contributed by atoms with Crippen LogP contribution in [-0.4, -0.2) is 50.0 Å². The first-order valence-electron chi connectivity index (χ1n) is 15.8. The Balaban J connectivity index is 1.55. The highest BCUT2D eigenvalue weighted by molar-refractivity contribution is 6.22. The molecule has 0 amide bonds. The highest BCUT2D eigenvalue weighted by atomic mass is 19.1. The maximum Gasteiger partial charge on any atom is 0.193 e. The number of aromatic nitrogens is 2. The fourth-order valence-electron chi connectivity index (χ4n) is 6.26. The van der Waals surface area contributed by atoms with Crippen LogP contribution in [0.5, 0.6) is 23.0 Å². The number of imidazole rings is 1. The number of ether oxygens (including phenoxy) is 4. The van der Waals surface area contributed by atoms with Gasteiger partial charge in [-0.1, -0.05) is 48.5 Å². The number of hydrogen-bond donors (Lipinski definition) is 1. The average Bonchev–Trinajstić information content (AvgIpc) is 3.78. The smallest absolute Gasteiger partial charge is 0.193 e. The summed E-state index contributed by atoms with van der Waals surface area (Å²) in [6.45, 7) is 0. The monoisotopic (exact) mass is 688 g/mol. The molecule has 1 N–H and O–H groups in total. The van der Waals surface area contributed by atoms with E-state index in [0.29, 0.717) is 63.1 Å².